The molecule has 1 saturated carbocycles. The molecular weight excluding hydrogens is 214 g/mol. The first kappa shape index (κ1) is 12.2. The predicted octanol–water partition coefficient (Wildman–Crippen LogP) is 2.85. The molecule has 1 aromatic rings. The van der Waals surface area contributed by atoms with E-state index < -0.39 is 0 Å². The molecule has 1 aliphatic carbocycles. The van der Waals surface area contributed by atoms with Crippen LogP contribution in [-0.4, -0.2) is 18.3 Å². The van der Waals surface area contributed by atoms with Crippen LogP contribution in [0.2, 0.25) is 0 Å². The van der Waals surface area contributed by atoms with E-state index in [-0.39, 0.29) is 6.04 Å². The zero-order valence-electron chi connectivity index (χ0n) is 10.9. The van der Waals surface area contributed by atoms with E-state index in [1.54, 1.807) is 19.2 Å². The highest BCUT2D eigenvalue weighted by Crippen LogP contribution is 2.46. The van der Waals surface area contributed by atoms with Gasteiger partial charge in [0.05, 0.1) is 7.11 Å². The molecule has 3 heteroatoms. The number of aromatic hydroxyl groups is 1. The molecule has 1 fully saturated rings. The van der Waals surface area contributed by atoms with Crippen molar-refractivity contribution in [1.29, 1.82) is 0 Å². The second-order valence-electron chi connectivity index (χ2n) is 5.56. The maximum absolute atomic E-state index is 9.87. The third-order valence-corrected chi connectivity index (χ3v) is 3.67. The highest BCUT2D eigenvalue weighted by molar-refractivity contribution is 5.41. The minimum absolute atomic E-state index is 0.136. The van der Waals surface area contributed by atoms with E-state index in [1.807, 2.05) is 6.07 Å². The molecule has 0 radical (unpaired) electrons. The third kappa shape index (κ3) is 2.55. The molecule has 0 spiro atoms. The fourth-order valence-corrected chi connectivity index (χ4v) is 2.15. The van der Waals surface area contributed by atoms with Crippen molar-refractivity contribution < 1.29 is 9.84 Å². The van der Waals surface area contributed by atoms with Gasteiger partial charge in [0.25, 0.3) is 0 Å². The number of phenolic OH excluding ortho intramolecular Hbond substituents is 1. The van der Waals surface area contributed by atoms with Crippen molar-refractivity contribution in [2.45, 2.75) is 39.3 Å². The van der Waals surface area contributed by atoms with Gasteiger partial charge >= 0.3 is 0 Å². The number of ether oxygens (including phenoxy) is 1. The predicted molar refractivity (Wildman–Crippen MR) is 68.4 cm³/mol. The first-order valence-electron chi connectivity index (χ1n) is 6.07. The maximum atomic E-state index is 9.87. The molecule has 2 N–H and O–H groups in total. The monoisotopic (exact) mass is 235 g/mol. The molecule has 94 valence electrons. The van der Waals surface area contributed by atoms with Gasteiger partial charge in [-0.3, -0.25) is 0 Å². The Kier molecular flexibility index (Phi) is 3.04. The molecule has 0 saturated heterocycles. The summed E-state index contributed by atoms with van der Waals surface area (Å²) in [6.07, 6.45) is 1.20. The van der Waals surface area contributed by atoms with Gasteiger partial charge in [-0.15, -0.1) is 0 Å². The summed E-state index contributed by atoms with van der Waals surface area (Å²) >= 11 is 0. The van der Waals surface area contributed by atoms with E-state index in [2.05, 4.69) is 26.1 Å². The van der Waals surface area contributed by atoms with Gasteiger partial charge in [0.2, 0.25) is 0 Å². The maximum Gasteiger partial charge on any atom is 0.120 e. The summed E-state index contributed by atoms with van der Waals surface area (Å²) in [6, 6.07) is 6.03. The smallest absolute Gasteiger partial charge is 0.120 e. The average molecular weight is 235 g/mol. The second-order valence-corrected chi connectivity index (χ2v) is 5.56. The largest absolute Gasteiger partial charge is 0.508 e. The lowest BCUT2D eigenvalue weighted by Gasteiger charge is -2.17. The number of hydrogen-bond acceptors (Lipinski definition) is 3. The van der Waals surface area contributed by atoms with Crippen LogP contribution in [0, 0.1) is 5.41 Å². The summed E-state index contributed by atoms with van der Waals surface area (Å²) in [4.78, 5) is 0. The van der Waals surface area contributed by atoms with Gasteiger partial charge in [0.1, 0.15) is 11.5 Å². The van der Waals surface area contributed by atoms with Crippen LogP contribution in [0.3, 0.4) is 0 Å². The highest BCUT2D eigenvalue weighted by Gasteiger charge is 2.46. The summed E-state index contributed by atoms with van der Waals surface area (Å²) in [6.45, 7) is 6.58. The van der Waals surface area contributed by atoms with Gasteiger partial charge in [0, 0.05) is 17.6 Å². The van der Waals surface area contributed by atoms with Crippen molar-refractivity contribution in [1.82, 2.24) is 5.32 Å². The number of nitrogens with one attached hydrogen (secondary N) is 1. The number of benzene rings is 1. The van der Waals surface area contributed by atoms with Gasteiger partial charge in [-0.2, -0.15) is 0 Å². The van der Waals surface area contributed by atoms with Gasteiger partial charge in [0.15, 0.2) is 0 Å². The molecule has 0 aliphatic heterocycles. The van der Waals surface area contributed by atoms with Crippen molar-refractivity contribution in [3.8, 4) is 11.5 Å². The Bertz CT molecular complexity index is 415. The molecule has 1 aliphatic rings. The quantitative estimate of drug-likeness (QED) is 0.843. The Morgan fingerprint density at radius 3 is 2.65 bits per heavy atom. The zero-order chi connectivity index (χ0) is 12.6. The molecule has 0 aromatic heterocycles. The minimum atomic E-state index is 0.136. The Labute approximate surface area is 103 Å². The second kappa shape index (κ2) is 4.22. The van der Waals surface area contributed by atoms with E-state index in [9.17, 15) is 5.11 Å². The molecule has 3 nitrogen and oxygen atoms in total. The van der Waals surface area contributed by atoms with Crippen LogP contribution in [0.4, 0.5) is 0 Å². The molecule has 17 heavy (non-hydrogen) atoms. The number of methoxy groups -OCH3 is 1. The number of phenols is 1. The Morgan fingerprint density at radius 1 is 1.47 bits per heavy atom. The first-order valence-corrected chi connectivity index (χ1v) is 6.07. The van der Waals surface area contributed by atoms with Crippen molar-refractivity contribution in [2.75, 3.05) is 7.11 Å². The molecule has 0 bridgehead atoms. The zero-order valence-corrected chi connectivity index (χ0v) is 10.9. The van der Waals surface area contributed by atoms with Crippen LogP contribution in [-0.2, 0) is 0 Å². The first-order chi connectivity index (χ1) is 7.94. The fraction of sp³-hybridized carbons (Fsp3) is 0.571. The van der Waals surface area contributed by atoms with Gasteiger partial charge in [-0.1, -0.05) is 13.8 Å². The third-order valence-electron chi connectivity index (χ3n) is 3.67. The Morgan fingerprint density at radius 2 is 2.12 bits per heavy atom. The minimum Gasteiger partial charge on any atom is -0.508 e. The lowest BCUT2D eigenvalue weighted by molar-refractivity contribution is 0.406. The Balaban J connectivity index is 2.10. The van der Waals surface area contributed by atoms with E-state index in [1.165, 1.54) is 6.42 Å². The van der Waals surface area contributed by atoms with Gasteiger partial charge in [-0.25, -0.2) is 0 Å². The molecular formula is C14H21NO2. The summed E-state index contributed by atoms with van der Waals surface area (Å²) in [7, 11) is 1.64. The topological polar surface area (TPSA) is 41.5 Å². The van der Waals surface area contributed by atoms with E-state index >= 15 is 0 Å². The van der Waals surface area contributed by atoms with Crippen molar-refractivity contribution in [3.05, 3.63) is 23.8 Å². The summed E-state index contributed by atoms with van der Waals surface area (Å²) < 4.78 is 5.18. The van der Waals surface area contributed by atoms with Crippen LogP contribution in [0.25, 0.3) is 0 Å². The number of hydrogen-bond donors (Lipinski definition) is 2. The molecule has 2 unspecified atom stereocenters. The van der Waals surface area contributed by atoms with Crippen LogP contribution in [0.15, 0.2) is 18.2 Å². The van der Waals surface area contributed by atoms with Crippen molar-refractivity contribution >= 4 is 0 Å². The van der Waals surface area contributed by atoms with Crippen molar-refractivity contribution in [2.24, 2.45) is 5.41 Å². The summed E-state index contributed by atoms with van der Waals surface area (Å²) in [5.41, 5.74) is 1.29. The molecule has 0 amide bonds. The number of rotatable bonds is 4. The van der Waals surface area contributed by atoms with E-state index in [0.717, 1.165) is 11.3 Å². The molecule has 2 rings (SSSR count). The normalized spacial score (nSPS) is 23.2. The summed E-state index contributed by atoms with van der Waals surface area (Å²) in [5, 5.41) is 13.4. The van der Waals surface area contributed by atoms with Gasteiger partial charge < -0.3 is 15.2 Å². The Hall–Kier alpha value is -1.22. The molecule has 0 heterocycles. The standard InChI is InChI=1S/C14H21NO2/c1-9(15-13-8-14(13,2)3)11-7-10(17-4)5-6-12(11)16/h5-7,9,13,15-16H,8H2,1-4H3. The lowest BCUT2D eigenvalue weighted by Crippen LogP contribution is -2.24. The molecule has 1 aromatic carbocycles. The van der Waals surface area contributed by atoms with Crippen LogP contribution in [0.5, 0.6) is 11.5 Å². The highest BCUT2D eigenvalue weighted by atomic mass is 16.5. The van der Waals surface area contributed by atoms with Crippen LogP contribution < -0.4 is 10.1 Å². The van der Waals surface area contributed by atoms with Gasteiger partial charge in [-0.05, 0) is 37.0 Å². The van der Waals surface area contributed by atoms with E-state index in [0.29, 0.717) is 17.2 Å². The van der Waals surface area contributed by atoms with Crippen LogP contribution >= 0.6 is 0 Å². The molecule has 2 atom stereocenters. The van der Waals surface area contributed by atoms with Crippen LogP contribution in [0.1, 0.15) is 38.8 Å². The SMILES string of the molecule is COc1ccc(O)c(C(C)NC2CC2(C)C)c1. The van der Waals surface area contributed by atoms with E-state index in [4.69, 9.17) is 4.74 Å². The van der Waals surface area contributed by atoms with Crippen molar-refractivity contribution in [3.63, 3.8) is 0 Å². The summed E-state index contributed by atoms with van der Waals surface area (Å²) in [5.74, 6) is 1.10. The average Bonchev–Trinajstić information content (AvgIpc) is 2.86. The lowest BCUT2D eigenvalue weighted by atomic mass is 10.1. The fourth-order valence-electron chi connectivity index (χ4n) is 2.15.